The molecule has 1 fully saturated rings. The molecular weight excluding hydrogens is 156 g/mol. The molecule has 1 N–H and O–H groups in total. The van der Waals surface area contributed by atoms with Crippen LogP contribution in [0.3, 0.4) is 0 Å². The number of aliphatic hydroxyl groups excluding tert-OH is 1. The fourth-order valence-electron chi connectivity index (χ4n) is 1.35. The van der Waals surface area contributed by atoms with Crippen LogP contribution in [0, 0.1) is 0 Å². The van der Waals surface area contributed by atoms with Gasteiger partial charge in [-0.05, 0) is 19.8 Å². The second-order valence-electron chi connectivity index (χ2n) is 3.28. The first-order valence-electron chi connectivity index (χ1n) is 4.52. The van der Waals surface area contributed by atoms with Gasteiger partial charge in [0.05, 0.1) is 6.10 Å². The van der Waals surface area contributed by atoms with Crippen LogP contribution in [0.25, 0.3) is 0 Å². The molecule has 0 bridgehead atoms. The number of Topliss-reactive ketones (excluding diaryl/α,β-unsaturated/α-hetero) is 1. The van der Waals surface area contributed by atoms with Gasteiger partial charge >= 0.3 is 0 Å². The van der Waals surface area contributed by atoms with Crippen molar-refractivity contribution in [3.05, 3.63) is 0 Å². The highest BCUT2D eigenvalue weighted by atomic mass is 16.6. The Labute approximate surface area is 72.7 Å². The fraction of sp³-hybridized carbons (Fsp3) is 0.889. The molecule has 0 radical (unpaired) electrons. The van der Waals surface area contributed by atoms with Crippen LogP contribution < -0.4 is 0 Å². The van der Waals surface area contributed by atoms with E-state index in [9.17, 15) is 4.79 Å². The van der Waals surface area contributed by atoms with E-state index in [2.05, 4.69) is 0 Å². The van der Waals surface area contributed by atoms with E-state index >= 15 is 0 Å². The predicted octanol–water partition coefficient (Wildman–Crippen LogP) is 0.895. The van der Waals surface area contributed by atoms with E-state index in [-0.39, 0.29) is 24.6 Å². The lowest BCUT2D eigenvalue weighted by Crippen LogP contribution is -2.04. The van der Waals surface area contributed by atoms with Crippen molar-refractivity contribution in [2.24, 2.45) is 0 Å². The third-order valence-electron chi connectivity index (χ3n) is 2.13. The summed E-state index contributed by atoms with van der Waals surface area (Å²) in [5.41, 5.74) is 0. The van der Waals surface area contributed by atoms with Gasteiger partial charge in [0.1, 0.15) is 6.10 Å². The lowest BCUT2D eigenvalue weighted by atomic mass is 10.1. The molecule has 0 spiro atoms. The molecule has 1 aliphatic heterocycles. The average molecular weight is 172 g/mol. The number of carbonyl (C=O) groups excluding carboxylic acids is 1. The molecule has 0 aromatic rings. The summed E-state index contributed by atoms with van der Waals surface area (Å²) in [5, 5.41) is 8.50. The highest BCUT2D eigenvalue weighted by molar-refractivity contribution is 5.83. The van der Waals surface area contributed by atoms with Crippen LogP contribution in [0.15, 0.2) is 0 Å². The zero-order valence-corrected chi connectivity index (χ0v) is 7.45. The van der Waals surface area contributed by atoms with Crippen LogP contribution in [0.1, 0.15) is 32.6 Å². The van der Waals surface area contributed by atoms with Crippen molar-refractivity contribution >= 4 is 5.78 Å². The number of ether oxygens (including phenoxy) is 1. The molecule has 0 saturated carbocycles. The second-order valence-corrected chi connectivity index (χ2v) is 3.28. The molecule has 0 unspecified atom stereocenters. The van der Waals surface area contributed by atoms with Gasteiger partial charge in [0.25, 0.3) is 0 Å². The maximum atomic E-state index is 10.7. The summed E-state index contributed by atoms with van der Waals surface area (Å²) in [6.07, 6.45) is 3.97. The van der Waals surface area contributed by atoms with Crippen molar-refractivity contribution in [3.63, 3.8) is 0 Å². The third-order valence-corrected chi connectivity index (χ3v) is 2.13. The zero-order valence-electron chi connectivity index (χ0n) is 7.45. The van der Waals surface area contributed by atoms with Crippen LogP contribution in [0.5, 0.6) is 0 Å². The van der Waals surface area contributed by atoms with Crippen LogP contribution in [0.2, 0.25) is 0 Å². The van der Waals surface area contributed by atoms with Gasteiger partial charge in [-0.2, -0.15) is 0 Å². The summed E-state index contributed by atoms with van der Waals surface area (Å²) in [7, 11) is 0. The molecule has 12 heavy (non-hydrogen) atoms. The molecule has 1 aliphatic rings. The van der Waals surface area contributed by atoms with Gasteiger partial charge in [0.15, 0.2) is 5.78 Å². The predicted molar refractivity (Wildman–Crippen MR) is 44.9 cm³/mol. The molecule has 1 saturated heterocycles. The van der Waals surface area contributed by atoms with E-state index in [1.54, 1.807) is 6.92 Å². The molecule has 0 aromatic heterocycles. The maximum absolute atomic E-state index is 10.7. The largest absolute Gasteiger partial charge is 0.396 e. The van der Waals surface area contributed by atoms with Crippen molar-refractivity contribution in [2.45, 2.75) is 44.8 Å². The molecule has 0 aliphatic carbocycles. The zero-order chi connectivity index (χ0) is 8.97. The number of hydrogen-bond acceptors (Lipinski definition) is 3. The number of aliphatic hydroxyl groups is 1. The first-order chi connectivity index (χ1) is 5.75. The first-order valence-corrected chi connectivity index (χ1v) is 4.52. The minimum atomic E-state index is -0.112. The number of hydrogen-bond donors (Lipinski definition) is 1. The summed E-state index contributed by atoms with van der Waals surface area (Å²) < 4.78 is 5.15. The Morgan fingerprint density at radius 1 is 1.42 bits per heavy atom. The standard InChI is InChI=1S/C9H16O3/c1-7(11)9-8(12-9)5-3-2-4-6-10/h8-10H,2-6H2,1H3/t8-,9-/m1/s1. The summed E-state index contributed by atoms with van der Waals surface area (Å²) in [6.45, 7) is 1.83. The molecule has 1 heterocycles. The quantitative estimate of drug-likeness (QED) is 0.478. The SMILES string of the molecule is CC(=O)[C@H]1O[C@@H]1CCCCCO. The number of rotatable bonds is 6. The van der Waals surface area contributed by atoms with Gasteiger partial charge in [-0.15, -0.1) is 0 Å². The van der Waals surface area contributed by atoms with Crippen LogP contribution in [-0.2, 0) is 9.53 Å². The van der Waals surface area contributed by atoms with Gasteiger partial charge < -0.3 is 9.84 Å². The molecule has 1 rings (SSSR count). The molecule has 0 aromatic carbocycles. The summed E-state index contributed by atoms with van der Waals surface area (Å²) in [5.74, 6) is 0.141. The minimum Gasteiger partial charge on any atom is -0.396 e. The Balaban J connectivity index is 1.93. The number of carbonyl (C=O) groups is 1. The Hall–Kier alpha value is -0.410. The Morgan fingerprint density at radius 2 is 2.17 bits per heavy atom. The first kappa shape index (κ1) is 9.68. The lowest BCUT2D eigenvalue weighted by Gasteiger charge is -1.94. The highest BCUT2D eigenvalue weighted by Gasteiger charge is 2.41. The number of ketones is 1. The molecule has 3 heteroatoms. The normalized spacial score (nSPS) is 27.2. The van der Waals surface area contributed by atoms with Gasteiger partial charge in [-0.3, -0.25) is 4.79 Å². The molecule has 2 atom stereocenters. The average Bonchev–Trinajstić information content (AvgIpc) is 2.77. The molecule has 0 amide bonds. The Bertz CT molecular complexity index is 156. The van der Waals surface area contributed by atoms with Crippen LogP contribution in [0.4, 0.5) is 0 Å². The van der Waals surface area contributed by atoms with E-state index in [4.69, 9.17) is 9.84 Å². The molecule has 70 valence electrons. The highest BCUT2D eigenvalue weighted by Crippen LogP contribution is 2.27. The van der Waals surface area contributed by atoms with Gasteiger partial charge in [-0.1, -0.05) is 12.8 Å². The van der Waals surface area contributed by atoms with Gasteiger partial charge in [-0.25, -0.2) is 0 Å². The molecular formula is C9H16O3. The van der Waals surface area contributed by atoms with E-state index in [0.717, 1.165) is 25.7 Å². The monoisotopic (exact) mass is 172 g/mol. The summed E-state index contributed by atoms with van der Waals surface area (Å²) >= 11 is 0. The maximum Gasteiger partial charge on any atom is 0.161 e. The number of unbranched alkanes of at least 4 members (excludes halogenated alkanes) is 2. The number of epoxide rings is 1. The summed E-state index contributed by atoms with van der Waals surface area (Å²) in [4.78, 5) is 10.7. The fourth-order valence-corrected chi connectivity index (χ4v) is 1.35. The van der Waals surface area contributed by atoms with Crippen LogP contribution >= 0.6 is 0 Å². The van der Waals surface area contributed by atoms with E-state index < -0.39 is 0 Å². The van der Waals surface area contributed by atoms with Crippen molar-refractivity contribution in [1.82, 2.24) is 0 Å². The van der Waals surface area contributed by atoms with Crippen molar-refractivity contribution in [3.8, 4) is 0 Å². The topological polar surface area (TPSA) is 49.8 Å². The van der Waals surface area contributed by atoms with Crippen molar-refractivity contribution in [2.75, 3.05) is 6.61 Å². The summed E-state index contributed by atoms with van der Waals surface area (Å²) in [6, 6.07) is 0. The Kier molecular flexibility index (Phi) is 3.69. The lowest BCUT2D eigenvalue weighted by molar-refractivity contribution is -0.118. The van der Waals surface area contributed by atoms with Gasteiger partial charge in [0, 0.05) is 6.61 Å². The second kappa shape index (κ2) is 4.58. The Morgan fingerprint density at radius 3 is 2.67 bits per heavy atom. The van der Waals surface area contributed by atoms with Gasteiger partial charge in [0.2, 0.25) is 0 Å². The van der Waals surface area contributed by atoms with Crippen molar-refractivity contribution < 1.29 is 14.6 Å². The van der Waals surface area contributed by atoms with Crippen LogP contribution in [-0.4, -0.2) is 29.7 Å². The van der Waals surface area contributed by atoms with Crippen molar-refractivity contribution in [1.29, 1.82) is 0 Å². The van der Waals surface area contributed by atoms with E-state index in [0.29, 0.717) is 0 Å². The minimum absolute atomic E-state index is 0.112. The smallest absolute Gasteiger partial charge is 0.161 e. The third kappa shape index (κ3) is 2.91. The van der Waals surface area contributed by atoms with E-state index in [1.807, 2.05) is 0 Å². The van der Waals surface area contributed by atoms with E-state index in [1.165, 1.54) is 0 Å². The molecule has 3 nitrogen and oxygen atoms in total.